The second-order valence-electron chi connectivity index (χ2n) is 4.34. The predicted molar refractivity (Wildman–Crippen MR) is 79.8 cm³/mol. The molecule has 0 fully saturated rings. The molecule has 0 unspecified atom stereocenters. The Balaban J connectivity index is 2.16. The minimum atomic E-state index is 0.837. The topological polar surface area (TPSA) is 26.0 Å². The van der Waals surface area contributed by atoms with Gasteiger partial charge in [-0.1, -0.05) is 63.6 Å². The van der Waals surface area contributed by atoms with E-state index in [0.29, 0.717) is 0 Å². The van der Waals surface area contributed by atoms with Gasteiger partial charge in [0.2, 0.25) is 0 Å². The van der Waals surface area contributed by atoms with Crippen molar-refractivity contribution in [1.82, 2.24) is 5.16 Å². The first-order valence-electron chi connectivity index (χ1n) is 6.03. The molecular formula is C16H12BrNO. The molecule has 0 saturated heterocycles. The first-order valence-corrected chi connectivity index (χ1v) is 6.82. The second kappa shape index (κ2) is 5.02. The van der Waals surface area contributed by atoms with Crippen LogP contribution >= 0.6 is 15.9 Å². The molecule has 94 valence electrons. The maximum absolute atomic E-state index is 5.37. The number of rotatable bonds is 2. The van der Waals surface area contributed by atoms with Crippen molar-refractivity contribution in [3.05, 3.63) is 64.8 Å². The Morgan fingerprint density at radius 3 is 2.26 bits per heavy atom. The van der Waals surface area contributed by atoms with Crippen molar-refractivity contribution in [2.45, 2.75) is 6.92 Å². The maximum atomic E-state index is 5.37. The Morgan fingerprint density at radius 2 is 1.58 bits per heavy atom. The second-order valence-corrected chi connectivity index (χ2v) is 5.25. The highest BCUT2D eigenvalue weighted by molar-refractivity contribution is 9.10. The van der Waals surface area contributed by atoms with E-state index in [1.807, 2.05) is 49.4 Å². The van der Waals surface area contributed by atoms with Crippen LogP contribution in [0.25, 0.3) is 22.4 Å². The van der Waals surface area contributed by atoms with Gasteiger partial charge < -0.3 is 4.52 Å². The van der Waals surface area contributed by atoms with Crippen LogP contribution in [0, 0.1) is 6.92 Å². The molecule has 2 aromatic carbocycles. The van der Waals surface area contributed by atoms with Crippen LogP contribution in [0.3, 0.4) is 0 Å². The van der Waals surface area contributed by atoms with Gasteiger partial charge in [0, 0.05) is 10.0 Å². The number of nitrogens with zero attached hydrogens (tertiary/aromatic N) is 1. The molecule has 0 N–H and O–H groups in total. The van der Waals surface area contributed by atoms with Gasteiger partial charge in [-0.2, -0.15) is 0 Å². The third-order valence-corrected chi connectivity index (χ3v) is 3.57. The Labute approximate surface area is 120 Å². The zero-order valence-corrected chi connectivity index (χ0v) is 12.0. The molecule has 0 amide bonds. The Hall–Kier alpha value is -1.87. The largest absolute Gasteiger partial charge is 0.360 e. The molecule has 0 aliphatic heterocycles. The smallest absolute Gasteiger partial charge is 0.142 e. The number of hydrogen-bond acceptors (Lipinski definition) is 2. The van der Waals surface area contributed by atoms with Crippen LogP contribution < -0.4 is 0 Å². The summed E-state index contributed by atoms with van der Waals surface area (Å²) in [6, 6.07) is 18.3. The molecule has 0 aliphatic carbocycles. The van der Waals surface area contributed by atoms with Crippen molar-refractivity contribution in [3.63, 3.8) is 0 Å². The van der Waals surface area contributed by atoms with E-state index in [0.717, 1.165) is 32.6 Å². The van der Waals surface area contributed by atoms with E-state index < -0.39 is 0 Å². The molecule has 0 radical (unpaired) electrons. The van der Waals surface area contributed by atoms with Crippen molar-refractivity contribution in [1.29, 1.82) is 0 Å². The molecule has 3 aromatic rings. The summed E-state index contributed by atoms with van der Waals surface area (Å²) >= 11 is 3.44. The van der Waals surface area contributed by atoms with E-state index in [-0.39, 0.29) is 0 Å². The molecule has 1 aromatic heterocycles. The van der Waals surface area contributed by atoms with Gasteiger partial charge in [-0.3, -0.25) is 0 Å². The molecule has 1 heterocycles. The molecule has 0 saturated carbocycles. The number of aromatic nitrogens is 1. The van der Waals surface area contributed by atoms with Crippen LogP contribution in [-0.2, 0) is 0 Å². The Bertz CT molecular complexity index is 687. The number of hydrogen-bond donors (Lipinski definition) is 0. The van der Waals surface area contributed by atoms with E-state index in [4.69, 9.17) is 4.52 Å². The average molecular weight is 314 g/mol. The quantitative estimate of drug-likeness (QED) is 0.659. The normalized spacial score (nSPS) is 10.6. The number of benzene rings is 2. The van der Waals surface area contributed by atoms with Gasteiger partial charge in [0.1, 0.15) is 11.5 Å². The van der Waals surface area contributed by atoms with Crippen LogP contribution in [0.2, 0.25) is 0 Å². The van der Waals surface area contributed by atoms with Gasteiger partial charge in [-0.15, -0.1) is 0 Å². The van der Waals surface area contributed by atoms with Crippen LogP contribution in [0.5, 0.6) is 0 Å². The molecular weight excluding hydrogens is 302 g/mol. The van der Waals surface area contributed by atoms with E-state index >= 15 is 0 Å². The third-order valence-electron chi connectivity index (χ3n) is 3.04. The highest BCUT2D eigenvalue weighted by Gasteiger charge is 2.15. The Morgan fingerprint density at radius 1 is 0.895 bits per heavy atom. The summed E-state index contributed by atoms with van der Waals surface area (Å²) in [5, 5.41) is 4.20. The molecule has 2 nitrogen and oxygen atoms in total. The fraction of sp³-hybridized carbons (Fsp3) is 0.0625. The SMILES string of the molecule is Cc1onc(-c2ccc(Br)cc2)c1-c1ccccc1. The standard InChI is InChI=1S/C16H12BrNO/c1-11-15(12-5-3-2-4-6-12)16(18-19-11)13-7-9-14(17)10-8-13/h2-10H,1H3. The third kappa shape index (κ3) is 2.34. The van der Waals surface area contributed by atoms with Crippen molar-refractivity contribution >= 4 is 15.9 Å². The lowest BCUT2D eigenvalue weighted by Gasteiger charge is -2.03. The summed E-state index contributed by atoms with van der Waals surface area (Å²) in [4.78, 5) is 0. The van der Waals surface area contributed by atoms with Crippen molar-refractivity contribution in [2.24, 2.45) is 0 Å². The first kappa shape index (κ1) is 12.2. The van der Waals surface area contributed by atoms with Crippen LogP contribution in [-0.4, -0.2) is 5.16 Å². The van der Waals surface area contributed by atoms with Gasteiger partial charge in [0.15, 0.2) is 0 Å². The van der Waals surface area contributed by atoms with Gasteiger partial charge in [-0.25, -0.2) is 0 Å². The summed E-state index contributed by atoms with van der Waals surface area (Å²) in [6.07, 6.45) is 0. The van der Waals surface area contributed by atoms with Crippen molar-refractivity contribution in [2.75, 3.05) is 0 Å². The van der Waals surface area contributed by atoms with Crippen molar-refractivity contribution < 1.29 is 4.52 Å². The molecule has 3 rings (SSSR count). The summed E-state index contributed by atoms with van der Waals surface area (Å²) < 4.78 is 6.43. The number of halogens is 1. The highest BCUT2D eigenvalue weighted by Crippen LogP contribution is 2.34. The van der Waals surface area contributed by atoms with Gasteiger partial charge in [0.05, 0.1) is 5.56 Å². The predicted octanol–water partition coefficient (Wildman–Crippen LogP) is 5.08. The van der Waals surface area contributed by atoms with Crippen LogP contribution in [0.15, 0.2) is 63.6 Å². The average Bonchev–Trinajstić information content (AvgIpc) is 2.82. The summed E-state index contributed by atoms with van der Waals surface area (Å²) in [6.45, 7) is 1.94. The molecule has 3 heteroatoms. The van der Waals surface area contributed by atoms with Crippen molar-refractivity contribution in [3.8, 4) is 22.4 Å². The van der Waals surface area contributed by atoms with E-state index in [1.54, 1.807) is 0 Å². The molecule has 0 aliphatic rings. The van der Waals surface area contributed by atoms with Gasteiger partial charge in [0.25, 0.3) is 0 Å². The van der Waals surface area contributed by atoms with Crippen LogP contribution in [0.1, 0.15) is 5.76 Å². The van der Waals surface area contributed by atoms with E-state index in [1.165, 1.54) is 0 Å². The van der Waals surface area contributed by atoms with Crippen LogP contribution in [0.4, 0.5) is 0 Å². The first-order chi connectivity index (χ1) is 9.25. The zero-order valence-electron chi connectivity index (χ0n) is 10.4. The molecule has 0 bridgehead atoms. The maximum Gasteiger partial charge on any atom is 0.142 e. The monoisotopic (exact) mass is 313 g/mol. The Kier molecular flexibility index (Phi) is 3.22. The molecule has 0 spiro atoms. The summed E-state index contributed by atoms with van der Waals surface area (Å²) in [7, 11) is 0. The lowest BCUT2D eigenvalue weighted by atomic mass is 10.00. The minimum absolute atomic E-state index is 0.837. The van der Waals surface area contributed by atoms with Gasteiger partial charge in [-0.05, 0) is 24.6 Å². The lowest BCUT2D eigenvalue weighted by molar-refractivity contribution is 0.400. The molecule has 19 heavy (non-hydrogen) atoms. The summed E-state index contributed by atoms with van der Waals surface area (Å²) in [5.74, 6) is 0.837. The lowest BCUT2D eigenvalue weighted by Crippen LogP contribution is -1.83. The number of aryl methyl sites for hydroxylation is 1. The van der Waals surface area contributed by atoms with E-state index in [2.05, 4.69) is 33.2 Å². The van der Waals surface area contributed by atoms with E-state index in [9.17, 15) is 0 Å². The fourth-order valence-electron chi connectivity index (χ4n) is 2.12. The minimum Gasteiger partial charge on any atom is -0.360 e. The zero-order chi connectivity index (χ0) is 13.2. The van der Waals surface area contributed by atoms with Gasteiger partial charge >= 0.3 is 0 Å². The summed E-state index contributed by atoms with van der Waals surface area (Å²) in [5.41, 5.74) is 4.12. The fourth-order valence-corrected chi connectivity index (χ4v) is 2.39. The highest BCUT2D eigenvalue weighted by atomic mass is 79.9. The molecule has 0 atom stereocenters.